The Hall–Kier alpha value is -0.520. The van der Waals surface area contributed by atoms with E-state index < -0.39 is 0 Å². The fourth-order valence-corrected chi connectivity index (χ4v) is 3.06. The van der Waals surface area contributed by atoms with Gasteiger partial charge >= 0.3 is 0 Å². The maximum atomic E-state index is 10.4. The number of nitrogens with zero attached hydrogens (tertiary/aromatic N) is 1. The van der Waals surface area contributed by atoms with Crippen LogP contribution in [0.4, 0.5) is 0 Å². The van der Waals surface area contributed by atoms with E-state index in [0.717, 1.165) is 19.3 Å². The second-order valence-corrected chi connectivity index (χ2v) is 5.46. The standard InChI is InChI=1S/C14H25NO/c1-5-6-9-13(16)14(15(3)4)10-7-8-12(2)11-14/h1,12-13,16H,6-11H2,2-4H3. The fourth-order valence-electron chi connectivity index (χ4n) is 3.06. The van der Waals surface area contributed by atoms with Crippen LogP contribution in [0.1, 0.15) is 45.4 Å². The van der Waals surface area contributed by atoms with Crippen molar-refractivity contribution in [3.63, 3.8) is 0 Å². The molecule has 1 fully saturated rings. The van der Waals surface area contributed by atoms with Crippen molar-refractivity contribution in [1.82, 2.24) is 4.90 Å². The lowest BCUT2D eigenvalue weighted by molar-refractivity contribution is -0.0459. The van der Waals surface area contributed by atoms with Crippen molar-refractivity contribution in [3.8, 4) is 12.3 Å². The molecule has 0 amide bonds. The van der Waals surface area contributed by atoms with Crippen LogP contribution in [0.5, 0.6) is 0 Å². The Morgan fingerprint density at radius 2 is 2.25 bits per heavy atom. The minimum Gasteiger partial charge on any atom is -0.391 e. The Labute approximate surface area is 100 Å². The average molecular weight is 223 g/mol. The molecule has 1 N–H and O–H groups in total. The number of aliphatic hydroxyl groups excluding tert-OH is 1. The van der Waals surface area contributed by atoms with E-state index in [2.05, 4.69) is 31.8 Å². The Morgan fingerprint density at radius 3 is 2.75 bits per heavy atom. The monoisotopic (exact) mass is 223 g/mol. The Bertz CT molecular complexity index is 256. The lowest BCUT2D eigenvalue weighted by Gasteiger charge is -2.48. The van der Waals surface area contributed by atoms with Crippen molar-refractivity contribution in [2.75, 3.05) is 14.1 Å². The highest BCUT2D eigenvalue weighted by Gasteiger charge is 2.42. The highest BCUT2D eigenvalue weighted by Crippen LogP contribution is 2.39. The lowest BCUT2D eigenvalue weighted by atomic mass is 9.71. The Kier molecular flexibility index (Phi) is 4.83. The van der Waals surface area contributed by atoms with E-state index in [-0.39, 0.29) is 11.6 Å². The van der Waals surface area contributed by atoms with Crippen molar-refractivity contribution in [2.45, 2.75) is 57.1 Å². The number of likely N-dealkylation sites (N-methyl/N-ethyl adjacent to an activating group) is 1. The summed E-state index contributed by atoms with van der Waals surface area (Å²) in [5.41, 5.74) is -0.0471. The van der Waals surface area contributed by atoms with Crippen molar-refractivity contribution >= 4 is 0 Å². The number of hydrogen-bond donors (Lipinski definition) is 1. The minimum atomic E-state index is -0.290. The summed E-state index contributed by atoms with van der Waals surface area (Å²) in [7, 11) is 4.16. The third-order valence-corrected chi connectivity index (χ3v) is 4.08. The molecule has 0 spiro atoms. The van der Waals surface area contributed by atoms with Crippen molar-refractivity contribution in [3.05, 3.63) is 0 Å². The third-order valence-electron chi connectivity index (χ3n) is 4.08. The van der Waals surface area contributed by atoms with E-state index in [1.165, 1.54) is 12.8 Å². The van der Waals surface area contributed by atoms with E-state index in [9.17, 15) is 5.11 Å². The van der Waals surface area contributed by atoms with Gasteiger partial charge in [-0.1, -0.05) is 19.8 Å². The summed E-state index contributed by atoms with van der Waals surface area (Å²) < 4.78 is 0. The molecule has 0 aromatic carbocycles. The van der Waals surface area contributed by atoms with Gasteiger partial charge in [0.15, 0.2) is 0 Å². The predicted molar refractivity (Wildman–Crippen MR) is 68.1 cm³/mol. The summed E-state index contributed by atoms with van der Waals surface area (Å²) in [5.74, 6) is 3.33. The Balaban J connectivity index is 2.75. The normalized spacial score (nSPS) is 32.4. The molecule has 1 aliphatic rings. The molecule has 0 bridgehead atoms. The van der Waals surface area contributed by atoms with Crippen molar-refractivity contribution < 1.29 is 5.11 Å². The van der Waals surface area contributed by atoms with Gasteiger partial charge in [0.05, 0.1) is 6.10 Å². The van der Waals surface area contributed by atoms with Crippen LogP contribution in [0.3, 0.4) is 0 Å². The molecule has 0 aromatic heterocycles. The predicted octanol–water partition coefficient (Wildman–Crippen LogP) is 2.27. The summed E-state index contributed by atoms with van der Waals surface area (Å²) >= 11 is 0. The molecule has 92 valence electrons. The largest absolute Gasteiger partial charge is 0.391 e. The van der Waals surface area contributed by atoms with E-state index in [0.29, 0.717) is 12.3 Å². The first-order valence-corrected chi connectivity index (χ1v) is 6.32. The molecular formula is C14H25NO. The maximum absolute atomic E-state index is 10.4. The van der Waals surface area contributed by atoms with Gasteiger partial charge in [-0.25, -0.2) is 0 Å². The SMILES string of the molecule is C#CCCC(O)C1(N(C)C)CCCC(C)C1. The first-order chi connectivity index (χ1) is 7.53. The maximum Gasteiger partial charge on any atom is 0.0732 e. The van der Waals surface area contributed by atoms with Gasteiger partial charge in [-0.3, -0.25) is 0 Å². The van der Waals surface area contributed by atoms with Crippen LogP contribution in [0.25, 0.3) is 0 Å². The summed E-state index contributed by atoms with van der Waals surface area (Å²) in [6, 6.07) is 0. The number of rotatable bonds is 4. The van der Waals surface area contributed by atoms with Crippen LogP contribution >= 0.6 is 0 Å². The number of hydrogen-bond acceptors (Lipinski definition) is 2. The van der Waals surface area contributed by atoms with E-state index >= 15 is 0 Å². The lowest BCUT2D eigenvalue weighted by Crippen LogP contribution is -2.56. The van der Waals surface area contributed by atoms with Gasteiger partial charge in [-0.15, -0.1) is 12.3 Å². The van der Waals surface area contributed by atoms with E-state index in [1.54, 1.807) is 0 Å². The van der Waals surface area contributed by atoms with Crippen molar-refractivity contribution in [2.24, 2.45) is 5.92 Å². The molecule has 3 atom stereocenters. The number of aliphatic hydroxyl groups is 1. The molecule has 1 rings (SSSR count). The molecule has 0 radical (unpaired) electrons. The van der Waals surface area contributed by atoms with Crippen molar-refractivity contribution in [1.29, 1.82) is 0 Å². The quantitative estimate of drug-likeness (QED) is 0.739. The van der Waals surface area contributed by atoms with E-state index in [1.807, 2.05) is 0 Å². The molecule has 0 aromatic rings. The zero-order chi connectivity index (χ0) is 12.2. The van der Waals surface area contributed by atoms with Crippen LogP contribution in [-0.2, 0) is 0 Å². The van der Waals surface area contributed by atoms with Gasteiger partial charge in [0.2, 0.25) is 0 Å². The second kappa shape index (κ2) is 5.70. The molecule has 0 saturated heterocycles. The van der Waals surface area contributed by atoms with Crippen LogP contribution in [0.2, 0.25) is 0 Å². The smallest absolute Gasteiger partial charge is 0.0732 e. The molecule has 1 aliphatic carbocycles. The van der Waals surface area contributed by atoms with Gasteiger partial charge in [-0.05, 0) is 39.3 Å². The molecule has 3 unspecified atom stereocenters. The van der Waals surface area contributed by atoms with Crippen LogP contribution in [0.15, 0.2) is 0 Å². The highest BCUT2D eigenvalue weighted by molar-refractivity contribution is 4.99. The van der Waals surface area contributed by atoms with Crippen LogP contribution < -0.4 is 0 Å². The average Bonchev–Trinajstić information content (AvgIpc) is 2.25. The van der Waals surface area contributed by atoms with Gasteiger partial charge in [0.1, 0.15) is 0 Å². The number of terminal acetylenes is 1. The summed E-state index contributed by atoms with van der Waals surface area (Å²) in [5, 5.41) is 10.4. The van der Waals surface area contributed by atoms with Crippen LogP contribution in [0, 0.1) is 18.3 Å². The zero-order valence-corrected chi connectivity index (χ0v) is 10.9. The molecular weight excluding hydrogens is 198 g/mol. The second-order valence-electron chi connectivity index (χ2n) is 5.46. The summed E-state index contributed by atoms with van der Waals surface area (Å²) in [6.07, 6.45) is 11.1. The molecule has 0 aliphatic heterocycles. The first kappa shape index (κ1) is 13.5. The zero-order valence-electron chi connectivity index (χ0n) is 10.9. The fraction of sp³-hybridized carbons (Fsp3) is 0.857. The highest BCUT2D eigenvalue weighted by atomic mass is 16.3. The van der Waals surface area contributed by atoms with Gasteiger partial charge in [-0.2, -0.15) is 0 Å². The molecule has 2 nitrogen and oxygen atoms in total. The molecule has 2 heteroatoms. The molecule has 1 saturated carbocycles. The minimum absolute atomic E-state index is 0.0471. The van der Waals surface area contributed by atoms with Gasteiger partial charge < -0.3 is 10.0 Å². The van der Waals surface area contributed by atoms with Gasteiger partial charge in [0.25, 0.3) is 0 Å². The summed E-state index contributed by atoms with van der Waals surface area (Å²) in [6.45, 7) is 2.28. The molecule has 16 heavy (non-hydrogen) atoms. The molecule has 0 heterocycles. The van der Waals surface area contributed by atoms with Gasteiger partial charge in [0, 0.05) is 12.0 Å². The first-order valence-electron chi connectivity index (χ1n) is 6.32. The Morgan fingerprint density at radius 1 is 1.56 bits per heavy atom. The summed E-state index contributed by atoms with van der Waals surface area (Å²) in [4.78, 5) is 2.21. The van der Waals surface area contributed by atoms with Crippen LogP contribution in [-0.4, -0.2) is 35.7 Å². The topological polar surface area (TPSA) is 23.5 Å². The third kappa shape index (κ3) is 2.78. The van der Waals surface area contributed by atoms with E-state index in [4.69, 9.17) is 6.42 Å².